The Hall–Kier alpha value is -2.32. The number of aromatic nitrogens is 1. The van der Waals surface area contributed by atoms with E-state index in [1.54, 1.807) is 18.2 Å². The van der Waals surface area contributed by atoms with Gasteiger partial charge in [-0.05, 0) is 24.3 Å². The van der Waals surface area contributed by atoms with E-state index in [4.69, 9.17) is 0 Å². The number of rotatable bonds is 4. The normalized spacial score (nSPS) is 11.4. The van der Waals surface area contributed by atoms with Gasteiger partial charge in [-0.15, -0.1) is 11.3 Å². The highest BCUT2D eigenvalue weighted by atomic mass is 32.2. The Labute approximate surface area is 135 Å². The number of hydrogen-bond donors (Lipinski definition) is 1. The molecule has 0 aliphatic carbocycles. The van der Waals surface area contributed by atoms with Crippen molar-refractivity contribution in [2.45, 2.75) is 4.90 Å². The van der Waals surface area contributed by atoms with Crippen LogP contribution in [0.15, 0.2) is 58.8 Å². The van der Waals surface area contributed by atoms with Crippen molar-refractivity contribution in [1.82, 2.24) is 4.98 Å². The number of halogens is 2. The topological polar surface area (TPSA) is 59.1 Å². The van der Waals surface area contributed by atoms with E-state index in [2.05, 4.69) is 9.71 Å². The molecule has 4 nitrogen and oxygen atoms in total. The van der Waals surface area contributed by atoms with E-state index in [9.17, 15) is 17.2 Å². The molecule has 0 bridgehead atoms. The Morgan fingerprint density at radius 2 is 1.78 bits per heavy atom. The van der Waals surface area contributed by atoms with Gasteiger partial charge in [-0.3, -0.25) is 4.72 Å². The molecule has 1 N–H and O–H groups in total. The Kier molecular flexibility index (Phi) is 4.10. The van der Waals surface area contributed by atoms with E-state index in [0.717, 1.165) is 23.5 Å². The molecule has 0 saturated heterocycles. The Balaban J connectivity index is 1.88. The number of anilines is 1. The smallest absolute Gasteiger partial charge is 0.255 e. The van der Waals surface area contributed by atoms with Crippen molar-refractivity contribution in [3.05, 3.63) is 65.5 Å². The lowest BCUT2D eigenvalue weighted by atomic mass is 10.1. The molecule has 0 aliphatic heterocycles. The van der Waals surface area contributed by atoms with Crippen molar-refractivity contribution in [1.29, 1.82) is 0 Å². The summed E-state index contributed by atoms with van der Waals surface area (Å²) in [5, 5.41) is 1.60. The number of nitrogens with zero attached hydrogens (tertiary/aromatic N) is 1. The van der Waals surface area contributed by atoms with Gasteiger partial charge in [-0.25, -0.2) is 22.2 Å². The summed E-state index contributed by atoms with van der Waals surface area (Å²) in [6.07, 6.45) is 0. The number of sulfonamides is 1. The van der Waals surface area contributed by atoms with E-state index in [1.165, 1.54) is 23.6 Å². The minimum absolute atomic E-state index is 0.102. The van der Waals surface area contributed by atoms with Crippen LogP contribution in [-0.2, 0) is 10.0 Å². The van der Waals surface area contributed by atoms with Gasteiger partial charge in [0.2, 0.25) is 0 Å². The summed E-state index contributed by atoms with van der Waals surface area (Å²) in [6.45, 7) is 0. The lowest BCUT2D eigenvalue weighted by Crippen LogP contribution is -2.12. The SMILES string of the molecule is O=S(=O)(Nc1nc(-c2ccc(F)cc2F)cs1)c1ccccc1. The third kappa shape index (κ3) is 3.38. The van der Waals surface area contributed by atoms with Crippen LogP contribution >= 0.6 is 11.3 Å². The van der Waals surface area contributed by atoms with E-state index in [-0.39, 0.29) is 21.3 Å². The highest BCUT2D eigenvalue weighted by Crippen LogP contribution is 2.28. The lowest BCUT2D eigenvalue weighted by Gasteiger charge is -2.04. The van der Waals surface area contributed by atoms with Gasteiger partial charge in [-0.1, -0.05) is 18.2 Å². The summed E-state index contributed by atoms with van der Waals surface area (Å²) in [5.41, 5.74) is 0.339. The predicted molar refractivity (Wildman–Crippen MR) is 84.7 cm³/mol. The van der Waals surface area contributed by atoms with Crippen molar-refractivity contribution in [2.75, 3.05) is 4.72 Å². The first-order valence-electron chi connectivity index (χ1n) is 6.44. The van der Waals surface area contributed by atoms with Gasteiger partial charge in [0.15, 0.2) is 5.13 Å². The van der Waals surface area contributed by atoms with Crippen LogP contribution in [0, 0.1) is 11.6 Å². The van der Waals surface area contributed by atoms with Gasteiger partial charge in [-0.2, -0.15) is 0 Å². The van der Waals surface area contributed by atoms with Crippen LogP contribution in [0.5, 0.6) is 0 Å². The van der Waals surface area contributed by atoms with Gasteiger partial charge < -0.3 is 0 Å². The van der Waals surface area contributed by atoms with Crippen LogP contribution in [0.25, 0.3) is 11.3 Å². The quantitative estimate of drug-likeness (QED) is 0.775. The van der Waals surface area contributed by atoms with Crippen LogP contribution < -0.4 is 4.72 Å². The Morgan fingerprint density at radius 1 is 1.04 bits per heavy atom. The molecule has 0 radical (unpaired) electrons. The fourth-order valence-corrected chi connectivity index (χ4v) is 3.90. The molecule has 0 saturated carbocycles. The lowest BCUT2D eigenvalue weighted by molar-refractivity contribution is 0.585. The Morgan fingerprint density at radius 3 is 2.48 bits per heavy atom. The standard InChI is InChI=1S/C15H10F2N2O2S2/c16-10-6-7-12(13(17)8-10)14-9-22-15(18-14)19-23(20,21)11-4-2-1-3-5-11/h1-9H,(H,18,19). The zero-order valence-corrected chi connectivity index (χ0v) is 13.2. The van der Waals surface area contributed by atoms with Crippen molar-refractivity contribution in [3.8, 4) is 11.3 Å². The summed E-state index contributed by atoms with van der Waals surface area (Å²) in [5.74, 6) is -1.45. The molecule has 2 aromatic carbocycles. The maximum atomic E-state index is 13.7. The third-order valence-corrected chi connectivity index (χ3v) is 5.23. The molecule has 0 fully saturated rings. The van der Waals surface area contributed by atoms with Gasteiger partial charge in [0.1, 0.15) is 11.6 Å². The van der Waals surface area contributed by atoms with Gasteiger partial charge in [0.05, 0.1) is 10.6 Å². The van der Waals surface area contributed by atoms with Crippen molar-refractivity contribution < 1.29 is 17.2 Å². The average Bonchev–Trinajstić information content (AvgIpc) is 2.95. The summed E-state index contributed by atoms with van der Waals surface area (Å²) >= 11 is 1.02. The molecule has 0 atom stereocenters. The molecular formula is C15H10F2N2O2S2. The van der Waals surface area contributed by atoms with E-state index < -0.39 is 21.7 Å². The minimum atomic E-state index is -3.75. The van der Waals surface area contributed by atoms with Crippen molar-refractivity contribution in [3.63, 3.8) is 0 Å². The van der Waals surface area contributed by atoms with Crippen LogP contribution in [0.2, 0.25) is 0 Å². The van der Waals surface area contributed by atoms with Gasteiger partial charge >= 0.3 is 0 Å². The second kappa shape index (κ2) is 6.05. The Bertz CT molecular complexity index is 941. The van der Waals surface area contributed by atoms with Crippen LogP contribution in [-0.4, -0.2) is 13.4 Å². The van der Waals surface area contributed by atoms with Gasteiger partial charge in [0, 0.05) is 17.0 Å². The fraction of sp³-hybridized carbons (Fsp3) is 0. The minimum Gasteiger partial charge on any atom is -0.255 e. The molecule has 0 unspecified atom stereocenters. The maximum Gasteiger partial charge on any atom is 0.263 e. The van der Waals surface area contributed by atoms with Crippen LogP contribution in [0.3, 0.4) is 0 Å². The largest absolute Gasteiger partial charge is 0.263 e. The summed E-state index contributed by atoms with van der Waals surface area (Å²) < 4.78 is 53.4. The average molecular weight is 352 g/mol. The molecule has 3 aromatic rings. The maximum absolute atomic E-state index is 13.7. The molecule has 23 heavy (non-hydrogen) atoms. The second-order valence-electron chi connectivity index (χ2n) is 4.58. The molecule has 118 valence electrons. The highest BCUT2D eigenvalue weighted by molar-refractivity contribution is 7.93. The summed E-state index contributed by atoms with van der Waals surface area (Å²) in [4.78, 5) is 4.15. The summed E-state index contributed by atoms with van der Waals surface area (Å²) in [6, 6.07) is 11.0. The van der Waals surface area contributed by atoms with Gasteiger partial charge in [0.25, 0.3) is 10.0 Å². The number of thiazole rings is 1. The molecular weight excluding hydrogens is 342 g/mol. The van der Waals surface area contributed by atoms with Crippen LogP contribution in [0.4, 0.5) is 13.9 Å². The second-order valence-corrected chi connectivity index (χ2v) is 7.12. The zero-order valence-electron chi connectivity index (χ0n) is 11.5. The molecule has 1 aromatic heterocycles. The molecule has 0 aliphatic rings. The number of benzene rings is 2. The molecule has 8 heteroatoms. The number of hydrogen-bond acceptors (Lipinski definition) is 4. The molecule has 1 heterocycles. The van der Waals surface area contributed by atoms with Crippen molar-refractivity contribution >= 4 is 26.5 Å². The van der Waals surface area contributed by atoms with Crippen LogP contribution in [0.1, 0.15) is 0 Å². The van der Waals surface area contributed by atoms with E-state index in [0.29, 0.717) is 0 Å². The number of nitrogens with one attached hydrogen (secondary N) is 1. The first-order valence-corrected chi connectivity index (χ1v) is 8.81. The monoisotopic (exact) mass is 352 g/mol. The zero-order chi connectivity index (χ0) is 16.4. The first-order chi connectivity index (χ1) is 11.0. The van der Waals surface area contributed by atoms with E-state index >= 15 is 0 Å². The van der Waals surface area contributed by atoms with Crippen molar-refractivity contribution in [2.24, 2.45) is 0 Å². The molecule has 3 rings (SSSR count). The highest BCUT2D eigenvalue weighted by Gasteiger charge is 2.17. The van der Waals surface area contributed by atoms with E-state index in [1.807, 2.05) is 0 Å². The molecule has 0 amide bonds. The summed E-state index contributed by atoms with van der Waals surface area (Å²) in [7, 11) is -3.75. The predicted octanol–water partition coefficient (Wildman–Crippen LogP) is 3.89. The first kappa shape index (κ1) is 15.6. The molecule has 0 spiro atoms. The third-order valence-electron chi connectivity index (χ3n) is 2.99. The fourth-order valence-electron chi connectivity index (χ4n) is 1.92.